The van der Waals surface area contributed by atoms with Gasteiger partial charge in [0, 0.05) is 27.8 Å². The Kier molecular flexibility index (Phi) is 3.75. The highest BCUT2D eigenvalue weighted by atomic mass is 32.1. The van der Waals surface area contributed by atoms with Crippen molar-refractivity contribution in [2.45, 2.75) is 13.8 Å². The average molecular weight is 401 g/mol. The van der Waals surface area contributed by atoms with E-state index < -0.39 is 4.92 Å². The first kappa shape index (κ1) is 17.5. The number of non-ortho nitro benzene ring substituents is 1. The molecular formula is C22H15N3O3S. The number of benzene rings is 2. The van der Waals surface area contributed by atoms with Gasteiger partial charge < -0.3 is 0 Å². The normalized spacial score (nSPS) is 12.4. The van der Waals surface area contributed by atoms with E-state index in [2.05, 4.69) is 4.98 Å². The SMILES string of the molecule is Cc1sc2c(c1C)c(=O)nc1c3ccccc3c(=Cc3ccc([N+](=O)[O-])cc3)n12. The molecule has 0 aliphatic rings. The summed E-state index contributed by atoms with van der Waals surface area (Å²) in [5.74, 6) is 0. The topological polar surface area (TPSA) is 77.5 Å². The monoisotopic (exact) mass is 401 g/mol. The first-order valence-electron chi connectivity index (χ1n) is 9.05. The number of thiophene rings is 1. The number of nitro groups is 1. The van der Waals surface area contributed by atoms with Crippen LogP contribution in [0.2, 0.25) is 0 Å². The lowest BCUT2D eigenvalue weighted by atomic mass is 10.1. The number of rotatable bonds is 2. The molecule has 0 bridgehead atoms. The minimum Gasteiger partial charge on any atom is -0.284 e. The van der Waals surface area contributed by atoms with E-state index in [4.69, 9.17) is 0 Å². The maximum atomic E-state index is 12.7. The van der Waals surface area contributed by atoms with Gasteiger partial charge in [0.1, 0.15) is 4.83 Å². The van der Waals surface area contributed by atoms with Crippen LogP contribution in [0.15, 0.2) is 53.3 Å². The zero-order valence-electron chi connectivity index (χ0n) is 15.7. The van der Waals surface area contributed by atoms with Crippen molar-refractivity contribution in [1.29, 1.82) is 0 Å². The van der Waals surface area contributed by atoms with Gasteiger partial charge in [-0.1, -0.05) is 24.3 Å². The highest BCUT2D eigenvalue weighted by molar-refractivity contribution is 7.18. The Morgan fingerprint density at radius 2 is 1.76 bits per heavy atom. The number of aromatic nitrogens is 2. The van der Waals surface area contributed by atoms with Crippen molar-refractivity contribution in [3.8, 4) is 0 Å². The van der Waals surface area contributed by atoms with Crippen molar-refractivity contribution < 1.29 is 4.92 Å². The minimum absolute atomic E-state index is 0.0524. The van der Waals surface area contributed by atoms with E-state index in [9.17, 15) is 14.9 Å². The zero-order valence-corrected chi connectivity index (χ0v) is 16.5. The van der Waals surface area contributed by atoms with Crippen LogP contribution in [-0.4, -0.2) is 14.3 Å². The molecule has 3 aromatic heterocycles. The van der Waals surface area contributed by atoms with Gasteiger partial charge in [0.15, 0.2) is 5.65 Å². The molecule has 0 radical (unpaired) electrons. The minimum atomic E-state index is -0.410. The Morgan fingerprint density at radius 3 is 2.45 bits per heavy atom. The number of nitrogens with zero attached hydrogens (tertiary/aromatic N) is 3. The van der Waals surface area contributed by atoms with Gasteiger partial charge in [0.05, 0.1) is 15.7 Å². The predicted octanol–water partition coefficient (Wildman–Crippen LogP) is 4.14. The molecule has 5 rings (SSSR count). The van der Waals surface area contributed by atoms with Crippen LogP contribution in [0.3, 0.4) is 0 Å². The van der Waals surface area contributed by atoms with Crippen LogP contribution in [0, 0.1) is 24.0 Å². The Balaban J connectivity index is 1.96. The van der Waals surface area contributed by atoms with Crippen molar-refractivity contribution in [3.05, 3.63) is 90.4 Å². The third-order valence-electron chi connectivity index (χ3n) is 5.30. The Morgan fingerprint density at radius 1 is 1.07 bits per heavy atom. The molecular weight excluding hydrogens is 386 g/mol. The molecule has 0 aliphatic heterocycles. The van der Waals surface area contributed by atoms with Gasteiger partial charge in [-0.3, -0.25) is 19.3 Å². The standard InChI is InChI=1S/C22H15N3O3S/c1-12-13(2)29-22-19(12)21(26)23-20-17-6-4-3-5-16(17)18(24(20)22)11-14-7-9-15(10-8-14)25(27)28/h3-11H,1-2H3. The molecule has 0 aliphatic carbocycles. The number of hydrogen-bond acceptors (Lipinski definition) is 5. The highest BCUT2D eigenvalue weighted by Crippen LogP contribution is 2.29. The third-order valence-corrected chi connectivity index (χ3v) is 6.49. The average Bonchev–Trinajstić information content (AvgIpc) is 3.18. The summed E-state index contributed by atoms with van der Waals surface area (Å²) >= 11 is 1.58. The van der Waals surface area contributed by atoms with Crippen LogP contribution in [0.1, 0.15) is 16.0 Å². The number of hydrogen-bond donors (Lipinski definition) is 0. The van der Waals surface area contributed by atoms with Gasteiger partial charge in [-0.25, -0.2) is 0 Å². The number of nitro benzene ring substituents is 1. The molecule has 0 atom stereocenters. The summed E-state index contributed by atoms with van der Waals surface area (Å²) in [6.45, 7) is 3.96. The Bertz CT molecular complexity index is 1560. The van der Waals surface area contributed by atoms with Crippen molar-refractivity contribution in [2.75, 3.05) is 0 Å². The van der Waals surface area contributed by atoms with Crippen LogP contribution in [0.4, 0.5) is 5.69 Å². The maximum absolute atomic E-state index is 12.7. The van der Waals surface area contributed by atoms with Gasteiger partial charge in [-0.2, -0.15) is 4.98 Å². The van der Waals surface area contributed by atoms with Crippen LogP contribution >= 0.6 is 11.3 Å². The lowest BCUT2D eigenvalue weighted by Gasteiger charge is -1.99. The Labute approximate surface area is 168 Å². The molecule has 0 amide bonds. The first-order chi connectivity index (χ1) is 14.0. The molecule has 29 heavy (non-hydrogen) atoms. The fourth-order valence-corrected chi connectivity index (χ4v) is 4.90. The largest absolute Gasteiger partial charge is 0.284 e. The van der Waals surface area contributed by atoms with E-state index in [-0.39, 0.29) is 11.2 Å². The van der Waals surface area contributed by atoms with Crippen molar-refractivity contribution in [3.63, 3.8) is 0 Å². The van der Waals surface area contributed by atoms with Gasteiger partial charge in [-0.05, 0) is 43.2 Å². The van der Waals surface area contributed by atoms with Crippen LogP contribution in [0.25, 0.3) is 32.7 Å². The third kappa shape index (κ3) is 2.55. The van der Waals surface area contributed by atoms with Crippen LogP contribution in [0.5, 0.6) is 0 Å². The summed E-state index contributed by atoms with van der Waals surface area (Å²) < 4.78 is 2.04. The molecule has 0 N–H and O–H groups in total. The summed E-state index contributed by atoms with van der Waals surface area (Å²) in [7, 11) is 0. The molecule has 3 heterocycles. The summed E-state index contributed by atoms with van der Waals surface area (Å²) in [5, 5.41) is 14.4. The lowest BCUT2D eigenvalue weighted by molar-refractivity contribution is -0.384. The van der Waals surface area contributed by atoms with Crippen LogP contribution in [-0.2, 0) is 0 Å². The number of fused-ring (bicyclic) bond motifs is 5. The first-order valence-corrected chi connectivity index (χ1v) is 9.86. The summed E-state index contributed by atoms with van der Waals surface area (Å²) in [6, 6.07) is 14.3. The predicted molar refractivity (Wildman–Crippen MR) is 116 cm³/mol. The van der Waals surface area contributed by atoms with E-state index in [0.717, 1.165) is 37.0 Å². The van der Waals surface area contributed by atoms with E-state index in [0.29, 0.717) is 11.0 Å². The van der Waals surface area contributed by atoms with Gasteiger partial charge in [-0.15, -0.1) is 11.3 Å². The summed E-state index contributed by atoms with van der Waals surface area (Å²) in [6.07, 6.45) is 1.98. The number of aryl methyl sites for hydroxylation is 2. The van der Waals surface area contributed by atoms with Gasteiger partial charge in [0.25, 0.3) is 11.2 Å². The maximum Gasteiger partial charge on any atom is 0.282 e. The lowest BCUT2D eigenvalue weighted by Crippen LogP contribution is -2.15. The van der Waals surface area contributed by atoms with Crippen molar-refractivity contribution >= 4 is 49.7 Å². The quantitative estimate of drug-likeness (QED) is 0.329. The second-order valence-corrected chi connectivity index (χ2v) is 8.17. The molecule has 142 valence electrons. The van der Waals surface area contributed by atoms with E-state index in [1.54, 1.807) is 23.5 Å². The second kappa shape index (κ2) is 6.22. The summed E-state index contributed by atoms with van der Waals surface area (Å²) in [4.78, 5) is 29.7. The van der Waals surface area contributed by atoms with E-state index in [1.165, 1.54) is 12.1 Å². The molecule has 0 unspecified atom stereocenters. The summed E-state index contributed by atoms with van der Waals surface area (Å²) in [5.41, 5.74) is 2.28. The molecule has 0 spiro atoms. The molecule has 5 aromatic rings. The fourth-order valence-electron chi connectivity index (χ4n) is 3.74. The molecule has 0 saturated carbocycles. The fraction of sp³-hybridized carbons (Fsp3) is 0.0909. The van der Waals surface area contributed by atoms with E-state index >= 15 is 0 Å². The second-order valence-electron chi connectivity index (χ2n) is 6.96. The van der Waals surface area contributed by atoms with Gasteiger partial charge >= 0.3 is 0 Å². The van der Waals surface area contributed by atoms with Crippen molar-refractivity contribution in [1.82, 2.24) is 9.38 Å². The highest BCUT2D eigenvalue weighted by Gasteiger charge is 2.17. The van der Waals surface area contributed by atoms with Crippen molar-refractivity contribution in [2.24, 2.45) is 0 Å². The zero-order chi connectivity index (χ0) is 20.3. The molecule has 7 heteroatoms. The van der Waals surface area contributed by atoms with E-state index in [1.807, 2.05) is 48.6 Å². The smallest absolute Gasteiger partial charge is 0.282 e. The molecule has 0 fully saturated rings. The molecule has 0 saturated heterocycles. The van der Waals surface area contributed by atoms with Crippen LogP contribution < -0.4 is 10.9 Å². The van der Waals surface area contributed by atoms with Gasteiger partial charge in [0.2, 0.25) is 0 Å². The molecule has 6 nitrogen and oxygen atoms in total. The Hall–Kier alpha value is -3.58. The molecule has 2 aromatic carbocycles.